The van der Waals surface area contributed by atoms with E-state index < -0.39 is 23.8 Å². The van der Waals surface area contributed by atoms with E-state index in [0.717, 1.165) is 17.3 Å². The quantitative estimate of drug-likeness (QED) is 0.409. The van der Waals surface area contributed by atoms with Gasteiger partial charge in [0.25, 0.3) is 0 Å². The number of nitrogens with one attached hydrogen (secondary N) is 3. The molecule has 0 fully saturated rings. The zero-order chi connectivity index (χ0) is 19.6. The Morgan fingerprint density at radius 1 is 1.12 bits per heavy atom. The Morgan fingerprint density at radius 2 is 1.77 bits per heavy atom. The molecule has 0 spiro atoms. The van der Waals surface area contributed by atoms with E-state index >= 15 is 0 Å². The van der Waals surface area contributed by atoms with E-state index in [-0.39, 0.29) is 11.8 Å². The van der Waals surface area contributed by atoms with Crippen molar-refractivity contribution >= 4 is 35.1 Å². The highest BCUT2D eigenvalue weighted by atomic mass is 32.2. The molecule has 26 heavy (non-hydrogen) atoms. The van der Waals surface area contributed by atoms with Crippen molar-refractivity contribution in [2.45, 2.75) is 33.0 Å². The number of rotatable bonds is 2. The molecule has 9 nitrogen and oxygen atoms in total. The third-order valence-corrected chi connectivity index (χ3v) is 3.07. The van der Waals surface area contributed by atoms with Gasteiger partial charge in [-0.3, -0.25) is 5.43 Å². The van der Waals surface area contributed by atoms with Crippen LogP contribution in [0.3, 0.4) is 0 Å². The molecule has 0 saturated heterocycles. The van der Waals surface area contributed by atoms with Crippen LogP contribution < -0.4 is 16.2 Å². The van der Waals surface area contributed by atoms with Gasteiger partial charge in [0, 0.05) is 0 Å². The number of imide groups is 1. The third kappa shape index (κ3) is 9.52. The number of alkyl carbamates (subject to hydrolysis) is 1. The molecular weight excluding hydrogens is 360 g/mol. The highest BCUT2D eigenvalue weighted by Crippen LogP contribution is 2.08. The van der Waals surface area contributed by atoms with Gasteiger partial charge in [-0.1, -0.05) is 42.1 Å². The minimum atomic E-state index is -0.914. The summed E-state index contributed by atoms with van der Waals surface area (Å²) in [6.45, 7) is 5.15. The van der Waals surface area contributed by atoms with Crippen LogP contribution in [0.15, 0.2) is 35.3 Å². The standard InChI is InChI=1S/C16H22N4O5S/c1-16(2,3)25-15(23)18-13(26-4)20-19-12(21)17-14(22)24-10-11-8-6-5-7-9-11/h5-9H,10H2,1-4H3,(H,18,20,23)(H2,17,19,21,22). The van der Waals surface area contributed by atoms with E-state index in [0.29, 0.717) is 0 Å². The number of hydrazine groups is 1. The second-order valence-corrected chi connectivity index (χ2v) is 6.66. The molecule has 1 rings (SSSR count). The van der Waals surface area contributed by atoms with Crippen LogP contribution in [-0.4, -0.2) is 35.2 Å². The first-order valence-corrected chi connectivity index (χ1v) is 8.81. The molecule has 0 aliphatic heterocycles. The van der Waals surface area contributed by atoms with Crippen molar-refractivity contribution in [2.75, 3.05) is 6.26 Å². The Bertz CT molecular complexity index is 658. The van der Waals surface area contributed by atoms with Crippen LogP contribution in [0.2, 0.25) is 0 Å². The number of amides is 4. The van der Waals surface area contributed by atoms with Crippen LogP contribution in [0.1, 0.15) is 26.3 Å². The molecule has 0 aromatic heterocycles. The van der Waals surface area contributed by atoms with Crippen LogP contribution in [0.5, 0.6) is 0 Å². The van der Waals surface area contributed by atoms with E-state index in [1.54, 1.807) is 51.3 Å². The molecule has 0 radical (unpaired) electrons. The fraction of sp³-hybridized carbons (Fsp3) is 0.375. The summed E-state index contributed by atoms with van der Waals surface area (Å²) in [5, 5.41) is 2.06. The summed E-state index contributed by atoms with van der Waals surface area (Å²) in [6, 6.07) is 8.15. The predicted octanol–water partition coefficient (Wildman–Crippen LogP) is 2.78. The number of ether oxygens (including phenoxy) is 2. The lowest BCUT2D eigenvalue weighted by Crippen LogP contribution is -2.48. The van der Waals surface area contributed by atoms with Crippen LogP contribution in [-0.2, 0) is 16.1 Å². The lowest BCUT2D eigenvalue weighted by molar-refractivity contribution is 0.0604. The summed E-state index contributed by atoms with van der Waals surface area (Å²) in [5.41, 5.74) is 4.68. The minimum Gasteiger partial charge on any atom is -0.444 e. The monoisotopic (exact) mass is 382 g/mol. The Hall–Kier alpha value is -2.75. The zero-order valence-corrected chi connectivity index (χ0v) is 15.8. The number of hydrogen-bond donors (Lipinski definition) is 3. The Morgan fingerprint density at radius 3 is 2.35 bits per heavy atom. The molecule has 0 atom stereocenters. The molecule has 0 unspecified atom stereocenters. The second-order valence-electron chi connectivity index (χ2n) is 5.87. The van der Waals surface area contributed by atoms with Gasteiger partial charge >= 0.3 is 18.2 Å². The molecule has 4 amide bonds. The van der Waals surface area contributed by atoms with Crippen molar-refractivity contribution in [1.29, 1.82) is 0 Å². The van der Waals surface area contributed by atoms with Crippen LogP contribution in [0.25, 0.3) is 0 Å². The van der Waals surface area contributed by atoms with Gasteiger partial charge in [-0.05, 0) is 32.6 Å². The Labute approximate surface area is 155 Å². The van der Waals surface area contributed by atoms with Crippen molar-refractivity contribution < 1.29 is 23.9 Å². The number of carbonyl (C=O) groups is 3. The van der Waals surface area contributed by atoms with Crippen LogP contribution >= 0.6 is 11.8 Å². The molecule has 1 aromatic carbocycles. The second kappa shape index (κ2) is 10.3. The van der Waals surface area contributed by atoms with E-state index in [1.165, 1.54) is 0 Å². The van der Waals surface area contributed by atoms with Crippen LogP contribution in [0, 0.1) is 0 Å². The third-order valence-electron chi connectivity index (χ3n) is 2.49. The lowest BCUT2D eigenvalue weighted by atomic mass is 10.2. The van der Waals surface area contributed by atoms with E-state index in [2.05, 4.69) is 15.8 Å². The predicted molar refractivity (Wildman–Crippen MR) is 98.6 cm³/mol. The van der Waals surface area contributed by atoms with Gasteiger partial charge in [0.15, 0.2) is 5.17 Å². The maximum atomic E-state index is 11.6. The number of amidine groups is 1. The van der Waals surface area contributed by atoms with Gasteiger partial charge in [0.1, 0.15) is 12.2 Å². The first-order chi connectivity index (χ1) is 12.2. The Balaban J connectivity index is 2.39. The number of urea groups is 1. The van der Waals surface area contributed by atoms with Gasteiger partial charge < -0.3 is 9.47 Å². The Kier molecular flexibility index (Phi) is 8.43. The average molecular weight is 382 g/mol. The zero-order valence-electron chi connectivity index (χ0n) is 15.0. The fourth-order valence-corrected chi connectivity index (χ4v) is 1.80. The van der Waals surface area contributed by atoms with Crippen molar-refractivity contribution in [2.24, 2.45) is 4.99 Å². The summed E-state index contributed by atoms with van der Waals surface area (Å²) in [4.78, 5) is 38.4. The summed E-state index contributed by atoms with van der Waals surface area (Å²) in [6.07, 6.45) is -0.0778. The number of aliphatic imine (C=N–C) groups is 1. The van der Waals surface area contributed by atoms with Gasteiger partial charge in [0.05, 0.1) is 0 Å². The summed E-state index contributed by atoms with van der Waals surface area (Å²) in [7, 11) is 0. The number of nitrogens with zero attached hydrogens (tertiary/aromatic N) is 1. The smallest absolute Gasteiger partial charge is 0.436 e. The number of carbonyl (C=O) groups excluding carboxylic acids is 3. The van der Waals surface area contributed by atoms with Gasteiger partial charge in [0.2, 0.25) is 0 Å². The van der Waals surface area contributed by atoms with Crippen molar-refractivity contribution in [3.8, 4) is 0 Å². The van der Waals surface area contributed by atoms with Crippen LogP contribution in [0.4, 0.5) is 14.4 Å². The molecule has 142 valence electrons. The van der Waals surface area contributed by atoms with Gasteiger partial charge in [-0.15, -0.1) is 4.99 Å². The van der Waals surface area contributed by atoms with Crippen molar-refractivity contribution in [1.82, 2.24) is 16.2 Å². The topological polar surface area (TPSA) is 118 Å². The lowest BCUT2D eigenvalue weighted by Gasteiger charge is -2.17. The minimum absolute atomic E-state index is 0.0313. The first kappa shape index (κ1) is 21.3. The summed E-state index contributed by atoms with van der Waals surface area (Å²) < 4.78 is 9.94. The molecule has 0 saturated carbocycles. The molecule has 3 N–H and O–H groups in total. The van der Waals surface area contributed by atoms with Crippen molar-refractivity contribution in [3.05, 3.63) is 35.9 Å². The average Bonchev–Trinajstić information content (AvgIpc) is 2.56. The maximum absolute atomic E-state index is 11.6. The summed E-state index contributed by atoms with van der Waals surface area (Å²) in [5.74, 6) is 0. The van der Waals surface area contributed by atoms with Gasteiger partial charge in [-0.25, -0.2) is 25.1 Å². The first-order valence-electron chi connectivity index (χ1n) is 7.59. The number of thioether (sulfide) groups is 1. The van der Waals surface area contributed by atoms with E-state index in [9.17, 15) is 14.4 Å². The molecule has 0 heterocycles. The molecule has 0 bridgehead atoms. The molecule has 10 heteroatoms. The SMILES string of the molecule is CSC(=NC(=O)OC(C)(C)C)NNC(=O)NC(=O)OCc1ccccc1. The molecular formula is C16H22N4O5S. The molecule has 0 aliphatic carbocycles. The van der Waals surface area contributed by atoms with E-state index in [1.807, 2.05) is 11.4 Å². The highest BCUT2D eigenvalue weighted by molar-refractivity contribution is 8.13. The fourth-order valence-electron chi connectivity index (χ4n) is 1.49. The largest absolute Gasteiger partial charge is 0.444 e. The van der Waals surface area contributed by atoms with Crippen molar-refractivity contribution in [3.63, 3.8) is 0 Å². The number of benzene rings is 1. The van der Waals surface area contributed by atoms with E-state index in [4.69, 9.17) is 9.47 Å². The maximum Gasteiger partial charge on any atom is 0.436 e. The normalized spacial score (nSPS) is 11.3. The highest BCUT2D eigenvalue weighted by Gasteiger charge is 2.16. The molecule has 1 aromatic rings. The number of hydrogen-bond acceptors (Lipinski definition) is 6. The van der Waals surface area contributed by atoms with Gasteiger partial charge in [-0.2, -0.15) is 0 Å². The summed E-state index contributed by atoms with van der Waals surface area (Å²) >= 11 is 1.07. The molecule has 0 aliphatic rings.